The van der Waals surface area contributed by atoms with Crippen molar-refractivity contribution in [2.75, 3.05) is 17.7 Å². The molecule has 0 saturated heterocycles. The molecule has 0 aliphatic heterocycles. The fraction of sp³-hybridized carbons (Fsp3) is 0.0526. The molecule has 3 rings (SSSR count). The van der Waals surface area contributed by atoms with Crippen LogP contribution in [0.3, 0.4) is 0 Å². The molecule has 1 aromatic heterocycles. The second-order valence-corrected chi connectivity index (χ2v) is 5.78. The normalized spacial score (nSPS) is 10.3. The summed E-state index contributed by atoms with van der Waals surface area (Å²) in [6.07, 6.45) is 1.52. The molecular weight excluding hydrogens is 357 g/mol. The fourth-order valence-corrected chi connectivity index (χ4v) is 2.39. The lowest BCUT2D eigenvalue weighted by atomic mass is 10.2. The van der Waals surface area contributed by atoms with Gasteiger partial charge in [0.15, 0.2) is 0 Å². The molecule has 1 amide bonds. The molecule has 1 heterocycles. The van der Waals surface area contributed by atoms with E-state index < -0.39 is 5.82 Å². The number of halogens is 2. The zero-order valence-corrected chi connectivity index (χ0v) is 14.5. The van der Waals surface area contributed by atoms with Gasteiger partial charge in [0.1, 0.15) is 17.4 Å². The number of hydrogen-bond donors (Lipinski definition) is 2. The Balaban J connectivity index is 1.65. The maximum Gasteiger partial charge on any atom is 0.255 e. The van der Waals surface area contributed by atoms with Gasteiger partial charge in [-0.2, -0.15) is 0 Å². The molecule has 2 N–H and O–H groups in total. The van der Waals surface area contributed by atoms with Crippen molar-refractivity contribution in [2.24, 2.45) is 0 Å². The van der Waals surface area contributed by atoms with Crippen molar-refractivity contribution >= 4 is 34.7 Å². The Morgan fingerprint density at radius 1 is 1.08 bits per heavy atom. The molecular formula is C19H15ClFN3O2. The van der Waals surface area contributed by atoms with E-state index in [4.69, 9.17) is 16.3 Å². The van der Waals surface area contributed by atoms with Crippen LogP contribution in [0.1, 0.15) is 10.4 Å². The summed E-state index contributed by atoms with van der Waals surface area (Å²) < 4.78 is 18.2. The van der Waals surface area contributed by atoms with E-state index in [1.807, 2.05) is 0 Å². The SMILES string of the molecule is COc1ccc(C(=O)Nc2ccc(Nc3ccc(F)c(Cl)c3)nc2)cc1. The summed E-state index contributed by atoms with van der Waals surface area (Å²) in [7, 11) is 1.57. The molecule has 132 valence electrons. The second kappa shape index (κ2) is 7.84. The summed E-state index contributed by atoms with van der Waals surface area (Å²) in [4.78, 5) is 16.4. The smallest absolute Gasteiger partial charge is 0.255 e. The second-order valence-electron chi connectivity index (χ2n) is 5.37. The van der Waals surface area contributed by atoms with Crippen molar-refractivity contribution in [2.45, 2.75) is 0 Å². The summed E-state index contributed by atoms with van der Waals surface area (Å²) in [5.41, 5.74) is 1.67. The van der Waals surface area contributed by atoms with Gasteiger partial charge in [-0.25, -0.2) is 9.37 Å². The first-order valence-electron chi connectivity index (χ1n) is 7.69. The maximum absolute atomic E-state index is 13.2. The number of carbonyl (C=O) groups is 1. The Kier molecular flexibility index (Phi) is 5.34. The highest BCUT2D eigenvalue weighted by molar-refractivity contribution is 6.31. The molecule has 0 saturated carbocycles. The number of aromatic nitrogens is 1. The van der Waals surface area contributed by atoms with Crippen LogP contribution in [-0.4, -0.2) is 18.0 Å². The molecule has 0 radical (unpaired) electrons. The highest BCUT2D eigenvalue weighted by Gasteiger charge is 2.07. The average molecular weight is 372 g/mol. The summed E-state index contributed by atoms with van der Waals surface area (Å²) in [6, 6.07) is 14.5. The topological polar surface area (TPSA) is 63.2 Å². The minimum absolute atomic E-state index is 0.0263. The number of nitrogens with one attached hydrogen (secondary N) is 2. The monoisotopic (exact) mass is 371 g/mol. The number of amides is 1. The van der Waals surface area contributed by atoms with E-state index >= 15 is 0 Å². The van der Waals surface area contributed by atoms with E-state index in [0.29, 0.717) is 28.5 Å². The van der Waals surface area contributed by atoms with Crippen molar-refractivity contribution in [1.29, 1.82) is 0 Å². The lowest BCUT2D eigenvalue weighted by Gasteiger charge is -2.09. The first-order chi connectivity index (χ1) is 12.5. The van der Waals surface area contributed by atoms with Crippen molar-refractivity contribution in [3.63, 3.8) is 0 Å². The van der Waals surface area contributed by atoms with Crippen LogP contribution in [0.15, 0.2) is 60.8 Å². The molecule has 0 bridgehead atoms. The quantitative estimate of drug-likeness (QED) is 0.671. The maximum atomic E-state index is 13.2. The summed E-state index contributed by atoms with van der Waals surface area (Å²) >= 11 is 5.75. The average Bonchev–Trinajstić information content (AvgIpc) is 2.66. The molecule has 2 aromatic carbocycles. The van der Waals surface area contributed by atoms with Crippen molar-refractivity contribution < 1.29 is 13.9 Å². The Morgan fingerprint density at radius 3 is 2.42 bits per heavy atom. The van der Waals surface area contributed by atoms with Crippen LogP contribution in [0.2, 0.25) is 5.02 Å². The number of nitrogens with zero attached hydrogens (tertiary/aromatic N) is 1. The minimum atomic E-state index is -0.484. The number of methoxy groups -OCH3 is 1. The number of rotatable bonds is 5. The van der Waals surface area contributed by atoms with Gasteiger partial charge in [-0.15, -0.1) is 0 Å². The molecule has 0 atom stereocenters. The molecule has 0 aliphatic carbocycles. The van der Waals surface area contributed by atoms with Gasteiger partial charge < -0.3 is 15.4 Å². The van der Waals surface area contributed by atoms with Crippen molar-refractivity contribution in [3.8, 4) is 5.75 Å². The summed E-state index contributed by atoms with van der Waals surface area (Å²) in [6.45, 7) is 0. The third-order valence-electron chi connectivity index (χ3n) is 3.57. The molecule has 0 aliphatic rings. The van der Waals surface area contributed by atoms with Gasteiger partial charge in [0.05, 0.1) is 24.0 Å². The van der Waals surface area contributed by atoms with Crippen LogP contribution in [0.4, 0.5) is 21.6 Å². The van der Waals surface area contributed by atoms with Gasteiger partial charge in [0.25, 0.3) is 5.91 Å². The van der Waals surface area contributed by atoms with E-state index in [-0.39, 0.29) is 10.9 Å². The molecule has 5 nitrogen and oxygen atoms in total. The third kappa shape index (κ3) is 4.29. The third-order valence-corrected chi connectivity index (χ3v) is 3.86. The fourth-order valence-electron chi connectivity index (χ4n) is 2.21. The highest BCUT2D eigenvalue weighted by atomic mass is 35.5. The Bertz CT molecular complexity index is 915. The largest absolute Gasteiger partial charge is 0.497 e. The van der Waals surface area contributed by atoms with Gasteiger partial charge in [0, 0.05) is 11.3 Å². The lowest BCUT2D eigenvalue weighted by molar-refractivity contribution is 0.102. The predicted molar refractivity (Wildman–Crippen MR) is 99.9 cm³/mol. The van der Waals surface area contributed by atoms with Crippen molar-refractivity contribution in [3.05, 3.63) is 77.2 Å². The molecule has 0 spiro atoms. The van der Waals surface area contributed by atoms with Crippen LogP contribution in [0.25, 0.3) is 0 Å². The van der Waals surface area contributed by atoms with Crippen LogP contribution >= 0.6 is 11.6 Å². The van der Waals surface area contributed by atoms with E-state index in [0.717, 1.165) is 0 Å². The number of carbonyl (C=O) groups excluding carboxylic acids is 1. The zero-order chi connectivity index (χ0) is 18.5. The lowest BCUT2D eigenvalue weighted by Crippen LogP contribution is -2.12. The van der Waals surface area contributed by atoms with Crippen LogP contribution in [0, 0.1) is 5.82 Å². The zero-order valence-electron chi connectivity index (χ0n) is 13.8. The van der Waals surface area contributed by atoms with E-state index in [9.17, 15) is 9.18 Å². The summed E-state index contributed by atoms with van der Waals surface area (Å²) in [5, 5.41) is 5.80. The number of pyridine rings is 1. The standard InChI is InChI=1S/C19H15ClFN3O2/c1-26-15-6-2-12(3-7-15)19(25)24-14-5-9-18(22-11-14)23-13-4-8-17(21)16(20)10-13/h2-11H,1H3,(H,22,23)(H,24,25). The van der Waals surface area contributed by atoms with Crippen molar-refractivity contribution in [1.82, 2.24) is 4.98 Å². The van der Waals surface area contributed by atoms with E-state index in [1.54, 1.807) is 49.6 Å². The van der Waals surface area contributed by atoms with Gasteiger partial charge in [-0.3, -0.25) is 4.79 Å². The van der Waals surface area contributed by atoms with Crippen LogP contribution in [0.5, 0.6) is 5.75 Å². The van der Waals surface area contributed by atoms with Crippen LogP contribution < -0.4 is 15.4 Å². The summed E-state index contributed by atoms with van der Waals surface area (Å²) in [5.74, 6) is 0.483. The number of ether oxygens (including phenoxy) is 1. The molecule has 26 heavy (non-hydrogen) atoms. The minimum Gasteiger partial charge on any atom is -0.497 e. The Morgan fingerprint density at radius 2 is 1.81 bits per heavy atom. The van der Waals surface area contributed by atoms with Gasteiger partial charge in [0.2, 0.25) is 0 Å². The number of hydrogen-bond acceptors (Lipinski definition) is 4. The van der Waals surface area contributed by atoms with Gasteiger partial charge in [-0.1, -0.05) is 11.6 Å². The number of anilines is 3. The molecule has 7 heteroatoms. The first kappa shape index (κ1) is 17.7. The number of benzene rings is 2. The molecule has 0 unspecified atom stereocenters. The molecule has 0 fully saturated rings. The molecule has 3 aromatic rings. The first-order valence-corrected chi connectivity index (χ1v) is 8.06. The Hall–Kier alpha value is -3.12. The highest BCUT2D eigenvalue weighted by Crippen LogP contribution is 2.22. The van der Waals surface area contributed by atoms with Gasteiger partial charge in [-0.05, 0) is 54.6 Å². The predicted octanol–water partition coefficient (Wildman–Crippen LogP) is 4.88. The van der Waals surface area contributed by atoms with Crippen LogP contribution in [-0.2, 0) is 0 Å². The van der Waals surface area contributed by atoms with E-state index in [2.05, 4.69) is 15.6 Å². The Labute approximate surface area is 154 Å². The van der Waals surface area contributed by atoms with Gasteiger partial charge >= 0.3 is 0 Å². The van der Waals surface area contributed by atoms with E-state index in [1.165, 1.54) is 18.3 Å².